The summed E-state index contributed by atoms with van der Waals surface area (Å²) in [4.78, 5) is 36.8. The molecule has 1 amide bonds. The zero-order chi connectivity index (χ0) is 19.5. The smallest absolute Gasteiger partial charge is 0.340 e. The molecule has 1 fully saturated rings. The third-order valence-corrected chi connectivity index (χ3v) is 4.60. The Morgan fingerprint density at radius 2 is 1.82 bits per heavy atom. The summed E-state index contributed by atoms with van der Waals surface area (Å²) in [5, 5.41) is 7.92. The van der Waals surface area contributed by atoms with Crippen molar-refractivity contribution >= 4 is 23.5 Å². The molecule has 4 heterocycles. The van der Waals surface area contributed by atoms with Crippen molar-refractivity contribution in [2.24, 2.45) is 0 Å². The van der Waals surface area contributed by atoms with Gasteiger partial charge in [0.25, 0.3) is 5.91 Å². The maximum atomic E-state index is 12.4. The molecule has 0 atom stereocenters. The number of nitrogens with zero attached hydrogens (tertiary/aromatic N) is 7. The quantitative estimate of drug-likeness (QED) is 0.596. The highest BCUT2D eigenvalue weighted by Gasteiger charge is 2.23. The lowest BCUT2D eigenvalue weighted by Crippen LogP contribution is -2.50. The molecule has 1 aliphatic rings. The van der Waals surface area contributed by atoms with Gasteiger partial charge in [-0.3, -0.25) is 9.20 Å². The van der Waals surface area contributed by atoms with Gasteiger partial charge in [0.15, 0.2) is 12.3 Å². The minimum absolute atomic E-state index is 0.219. The number of aromatic nitrogens is 5. The lowest BCUT2D eigenvalue weighted by Gasteiger charge is -2.34. The number of ether oxygens (including phenoxy) is 1. The van der Waals surface area contributed by atoms with Crippen molar-refractivity contribution in [1.29, 1.82) is 0 Å². The van der Waals surface area contributed by atoms with Crippen molar-refractivity contribution in [2.75, 3.05) is 37.7 Å². The van der Waals surface area contributed by atoms with Gasteiger partial charge in [-0.05, 0) is 25.1 Å². The van der Waals surface area contributed by atoms with Crippen molar-refractivity contribution in [2.45, 2.75) is 6.92 Å². The van der Waals surface area contributed by atoms with Crippen LogP contribution in [0.15, 0.2) is 36.8 Å². The number of fused-ring (bicyclic) bond motifs is 1. The van der Waals surface area contributed by atoms with Gasteiger partial charge in [0.2, 0.25) is 5.95 Å². The average molecular weight is 381 g/mol. The third kappa shape index (κ3) is 3.61. The molecule has 3 aromatic heterocycles. The maximum Gasteiger partial charge on any atom is 0.340 e. The summed E-state index contributed by atoms with van der Waals surface area (Å²) in [6, 6.07) is 5.05. The number of carbonyl (C=O) groups is 2. The molecule has 0 unspecified atom stereocenters. The minimum Gasteiger partial charge on any atom is -0.452 e. The molecule has 0 saturated carbocycles. The fourth-order valence-electron chi connectivity index (χ4n) is 3.04. The van der Waals surface area contributed by atoms with E-state index in [0.29, 0.717) is 49.2 Å². The number of esters is 1. The highest BCUT2D eigenvalue weighted by atomic mass is 16.5. The number of aryl methyl sites for hydroxylation is 1. The monoisotopic (exact) mass is 381 g/mol. The Labute approximate surface area is 160 Å². The summed E-state index contributed by atoms with van der Waals surface area (Å²) in [7, 11) is 0. The normalized spacial score (nSPS) is 14.3. The third-order valence-electron chi connectivity index (χ3n) is 4.60. The van der Waals surface area contributed by atoms with Gasteiger partial charge in [0.1, 0.15) is 5.82 Å². The van der Waals surface area contributed by atoms with Crippen LogP contribution in [0, 0.1) is 6.92 Å². The molecule has 3 aromatic rings. The number of hydrogen-bond acceptors (Lipinski definition) is 8. The minimum atomic E-state index is -0.556. The molecule has 28 heavy (non-hydrogen) atoms. The Morgan fingerprint density at radius 3 is 2.57 bits per heavy atom. The maximum absolute atomic E-state index is 12.4. The molecule has 144 valence electrons. The number of carbonyl (C=O) groups excluding carboxylic acids is 2. The van der Waals surface area contributed by atoms with Crippen molar-refractivity contribution in [3.63, 3.8) is 0 Å². The van der Waals surface area contributed by atoms with E-state index in [2.05, 4.69) is 20.2 Å². The van der Waals surface area contributed by atoms with Crippen molar-refractivity contribution < 1.29 is 14.3 Å². The second-order valence-electron chi connectivity index (χ2n) is 6.39. The van der Waals surface area contributed by atoms with Crippen LogP contribution < -0.4 is 4.90 Å². The lowest BCUT2D eigenvalue weighted by atomic mass is 10.3. The molecular weight excluding hydrogens is 362 g/mol. The van der Waals surface area contributed by atoms with Gasteiger partial charge >= 0.3 is 5.97 Å². The first-order valence-corrected chi connectivity index (χ1v) is 8.90. The van der Waals surface area contributed by atoms with Gasteiger partial charge in [-0.1, -0.05) is 0 Å². The largest absolute Gasteiger partial charge is 0.452 e. The number of rotatable bonds is 4. The summed E-state index contributed by atoms with van der Waals surface area (Å²) in [5.41, 5.74) is 0.986. The summed E-state index contributed by atoms with van der Waals surface area (Å²) < 4.78 is 6.90. The predicted octanol–water partition coefficient (Wildman–Crippen LogP) is 0.333. The Kier molecular flexibility index (Phi) is 4.83. The SMILES string of the molecule is Cc1nnc2ccc(C(=O)OCC(=O)N3CCN(c4ncccn4)CC3)cn12. The first-order valence-electron chi connectivity index (χ1n) is 8.90. The van der Waals surface area contributed by atoms with Gasteiger partial charge in [-0.25, -0.2) is 14.8 Å². The standard InChI is InChI=1S/C18H19N7O3/c1-13-21-22-15-4-3-14(11-25(13)15)17(27)28-12-16(26)23-7-9-24(10-8-23)18-19-5-2-6-20-18/h2-6,11H,7-10,12H2,1H3. The van der Waals surface area contributed by atoms with E-state index in [1.165, 1.54) is 0 Å². The molecule has 10 heteroatoms. The van der Waals surface area contributed by atoms with Crippen LogP contribution in [0.2, 0.25) is 0 Å². The van der Waals surface area contributed by atoms with E-state index in [-0.39, 0.29) is 12.5 Å². The Hall–Kier alpha value is -3.56. The topological polar surface area (TPSA) is 106 Å². The summed E-state index contributed by atoms with van der Waals surface area (Å²) in [6.45, 7) is 3.82. The van der Waals surface area contributed by atoms with E-state index in [0.717, 1.165) is 0 Å². The van der Waals surface area contributed by atoms with Crippen molar-refractivity contribution in [1.82, 2.24) is 29.5 Å². The molecule has 0 aliphatic carbocycles. The van der Waals surface area contributed by atoms with Crippen LogP contribution in [0.4, 0.5) is 5.95 Å². The lowest BCUT2D eigenvalue weighted by molar-refractivity contribution is -0.134. The summed E-state index contributed by atoms with van der Waals surface area (Å²) in [6.07, 6.45) is 4.99. The van der Waals surface area contributed by atoms with Gasteiger partial charge in [0.05, 0.1) is 5.56 Å². The molecule has 0 bridgehead atoms. The summed E-state index contributed by atoms with van der Waals surface area (Å²) in [5.74, 6) is 0.546. The molecular formula is C18H19N7O3. The average Bonchev–Trinajstić information content (AvgIpc) is 3.12. The van der Waals surface area contributed by atoms with Crippen molar-refractivity contribution in [3.8, 4) is 0 Å². The highest BCUT2D eigenvalue weighted by Crippen LogP contribution is 2.11. The molecule has 1 aliphatic heterocycles. The summed E-state index contributed by atoms with van der Waals surface area (Å²) >= 11 is 0. The van der Waals surface area contributed by atoms with Gasteiger partial charge in [0, 0.05) is 44.8 Å². The van der Waals surface area contributed by atoms with Crippen LogP contribution in [-0.2, 0) is 9.53 Å². The van der Waals surface area contributed by atoms with E-state index >= 15 is 0 Å². The first kappa shape index (κ1) is 17.8. The van der Waals surface area contributed by atoms with Crippen LogP contribution in [0.25, 0.3) is 5.65 Å². The van der Waals surface area contributed by atoms with E-state index in [4.69, 9.17) is 4.74 Å². The predicted molar refractivity (Wildman–Crippen MR) is 98.8 cm³/mol. The molecule has 4 rings (SSSR count). The Bertz CT molecular complexity index is 997. The van der Waals surface area contributed by atoms with Crippen molar-refractivity contribution in [3.05, 3.63) is 48.2 Å². The second-order valence-corrected chi connectivity index (χ2v) is 6.39. The molecule has 0 N–H and O–H groups in total. The molecule has 1 saturated heterocycles. The molecule has 0 aromatic carbocycles. The Balaban J connectivity index is 1.30. The number of piperazine rings is 1. The van der Waals surface area contributed by atoms with Crippen LogP contribution >= 0.6 is 0 Å². The van der Waals surface area contributed by atoms with E-state index in [1.54, 1.807) is 53.0 Å². The molecule has 0 radical (unpaired) electrons. The fourth-order valence-corrected chi connectivity index (χ4v) is 3.04. The van der Waals surface area contributed by atoms with E-state index in [1.807, 2.05) is 4.90 Å². The number of hydrogen-bond donors (Lipinski definition) is 0. The van der Waals surface area contributed by atoms with Gasteiger partial charge in [-0.15, -0.1) is 10.2 Å². The van der Waals surface area contributed by atoms with Gasteiger partial charge in [-0.2, -0.15) is 0 Å². The van der Waals surface area contributed by atoms with Crippen LogP contribution in [-0.4, -0.2) is 74.1 Å². The van der Waals surface area contributed by atoms with Crippen LogP contribution in [0.1, 0.15) is 16.2 Å². The van der Waals surface area contributed by atoms with E-state index in [9.17, 15) is 9.59 Å². The highest BCUT2D eigenvalue weighted by molar-refractivity contribution is 5.91. The fraction of sp³-hybridized carbons (Fsp3) is 0.333. The molecule has 10 nitrogen and oxygen atoms in total. The first-order chi connectivity index (χ1) is 13.6. The van der Waals surface area contributed by atoms with Crippen LogP contribution in [0.5, 0.6) is 0 Å². The number of amides is 1. The number of anilines is 1. The second kappa shape index (κ2) is 7.59. The van der Waals surface area contributed by atoms with Gasteiger partial charge < -0.3 is 14.5 Å². The van der Waals surface area contributed by atoms with Crippen LogP contribution in [0.3, 0.4) is 0 Å². The zero-order valence-electron chi connectivity index (χ0n) is 15.4. The Morgan fingerprint density at radius 1 is 1.07 bits per heavy atom. The molecule has 0 spiro atoms. The number of pyridine rings is 1. The van der Waals surface area contributed by atoms with E-state index < -0.39 is 5.97 Å². The zero-order valence-corrected chi connectivity index (χ0v) is 15.4.